The van der Waals surface area contributed by atoms with E-state index in [9.17, 15) is 4.79 Å². The van der Waals surface area contributed by atoms with Crippen molar-refractivity contribution in [3.05, 3.63) is 52.8 Å². The molecule has 0 spiro atoms. The van der Waals surface area contributed by atoms with Crippen LogP contribution in [0.3, 0.4) is 0 Å². The Morgan fingerprint density at radius 2 is 1.94 bits per heavy atom. The molecule has 88 valence electrons. The number of benzene rings is 1. The number of carbonyl (C=O) groups is 1. The van der Waals surface area contributed by atoms with Gasteiger partial charge >= 0.3 is 5.97 Å². The number of rotatable bonds is 2. The summed E-state index contributed by atoms with van der Waals surface area (Å²) < 4.78 is 0. The normalized spacial score (nSPS) is 9.78. The minimum atomic E-state index is -1.12. The quantitative estimate of drug-likeness (QED) is 0.841. The Labute approximate surface area is 108 Å². The van der Waals surface area contributed by atoms with E-state index in [-0.39, 0.29) is 10.7 Å². The van der Waals surface area contributed by atoms with Gasteiger partial charge in [-0.25, -0.2) is 9.78 Å². The molecule has 1 aromatic carbocycles. The molecule has 0 bridgehead atoms. The fourth-order valence-electron chi connectivity index (χ4n) is 1.49. The Kier molecular flexibility index (Phi) is 3.26. The molecule has 18 heavy (non-hydrogen) atoms. The van der Waals surface area contributed by atoms with E-state index in [0.29, 0.717) is 11.1 Å². The molecule has 0 fully saturated rings. The zero-order chi connectivity index (χ0) is 13.1. The summed E-state index contributed by atoms with van der Waals surface area (Å²) in [5, 5.41) is 17.6. The molecule has 5 heteroatoms. The summed E-state index contributed by atoms with van der Waals surface area (Å²) in [6.07, 6.45) is 1.50. The second-order valence-corrected chi connectivity index (χ2v) is 3.91. The first-order valence-corrected chi connectivity index (χ1v) is 5.39. The topological polar surface area (TPSA) is 74.0 Å². The average Bonchev–Trinajstić information content (AvgIpc) is 2.39. The molecule has 0 amide bonds. The average molecular weight is 259 g/mol. The molecule has 0 unspecified atom stereocenters. The van der Waals surface area contributed by atoms with Crippen LogP contribution >= 0.6 is 11.6 Å². The van der Waals surface area contributed by atoms with Gasteiger partial charge in [-0.2, -0.15) is 5.26 Å². The van der Waals surface area contributed by atoms with E-state index in [4.69, 9.17) is 22.0 Å². The van der Waals surface area contributed by atoms with Crippen LogP contribution in [0.2, 0.25) is 5.15 Å². The predicted molar refractivity (Wildman–Crippen MR) is 66.4 cm³/mol. The van der Waals surface area contributed by atoms with Gasteiger partial charge in [-0.15, -0.1) is 0 Å². The van der Waals surface area contributed by atoms with Crippen LogP contribution in [0.25, 0.3) is 11.1 Å². The first-order valence-electron chi connectivity index (χ1n) is 5.01. The van der Waals surface area contributed by atoms with Gasteiger partial charge < -0.3 is 5.11 Å². The first-order chi connectivity index (χ1) is 8.61. The van der Waals surface area contributed by atoms with Crippen molar-refractivity contribution >= 4 is 17.6 Å². The molecule has 0 atom stereocenters. The minimum Gasteiger partial charge on any atom is -0.478 e. The van der Waals surface area contributed by atoms with Gasteiger partial charge in [-0.3, -0.25) is 0 Å². The van der Waals surface area contributed by atoms with E-state index in [1.807, 2.05) is 6.07 Å². The molecule has 1 N–H and O–H groups in total. The molecular weight excluding hydrogens is 252 g/mol. The van der Waals surface area contributed by atoms with Crippen molar-refractivity contribution in [2.45, 2.75) is 0 Å². The Morgan fingerprint density at radius 3 is 2.50 bits per heavy atom. The third kappa shape index (κ3) is 2.31. The molecule has 0 saturated carbocycles. The number of aromatic nitrogens is 1. The van der Waals surface area contributed by atoms with Gasteiger partial charge in [0.15, 0.2) is 0 Å². The van der Waals surface area contributed by atoms with Crippen LogP contribution in [-0.2, 0) is 0 Å². The van der Waals surface area contributed by atoms with Crippen molar-refractivity contribution < 1.29 is 9.90 Å². The zero-order valence-corrected chi connectivity index (χ0v) is 9.85. The van der Waals surface area contributed by atoms with Crippen LogP contribution in [0.4, 0.5) is 0 Å². The van der Waals surface area contributed by atoms with Gasteiger partial charge in [0.1, 0.15) is 5.15 Å². The van der Waals surface area contributed by atoms with Crippen LogP contribution < -0.4 is 0 Å². The molecule has 4 nitrogen and oxygen atoms in total. The van der Waals surface area contributed by atoms with Crippen LogP contribution in [0.15, 0.2) is 36.5 Å². The van der Waals surface area contributed by atoms with E-state index in [1.165, 1.54) is 12.3 Å². The van der Waals surface area contributed by atoms with Gasteiger partial charge in [-0.1, -0.05) is 23.7 Å². The molecule has 2 aromatic rings. The van der Waals surface area contributed by atoms with Crippen LogP contribution in [0.5, 0.6) is 0 Å². The number of pyridine rings is 1. The second-order valence-electron chi connectivity index (χ2n) is 3.56. The van der Waals surface area contributed by atoms with Gasteiger partial charge in [-0.05, 0) is 23.8 Å². The molecule has 0 radical (unpaired) electrons. The summed E-state index contributed by atoms with van der Waals surface area (Å²) in [6, 6.07) is 10.2. The summed E-state index contributed by atoms with van der Waals surface area (Å²) in [4.78, 5) is 14.8. The monoisotopic (exact) mass is 258 g/mol. The molecule has 1 heterocycles. The van der Waals surface area contributed by atoms with Gasteiger partial charge in [0.05, 0.1) is 17.2 Å². The third-order valence-electron chi connectivity index (χ3n) is 2.42. The van der Waals surface area contributed by atoms with Crippen LogP contribution in [0, 0.1) is 11.3 Å². The van der Waals surface area contributed by atoms with Crippen LogP contribution in [0.1, 0.15) is 15.9 Å². The van der Waals surface area contributed by atoms with E-state index in [2.05, 4.69) is 4.98 Å². The number of hydrogen-bond donors (Lipinski definition) is 1. The highest BCUT2D eigenvalue weighted by Crippen LogP contribution is 2.23. The fourth-order valence-corrected chi connectivity index (χ4v) is 1.68. The maximum atomic E-state index is 10.9. The predicted octanol–water partition coefficient (Wildman–Crippen LogP) is 2.97. The highest BCUT2D eigenvalue weighted by molar-refractivity contribution is 6.32. The van der Waals surface area contributed by atoms with E-state index >= 15 is 0 Å². The lowest BCUT2D eigenvalue weighted by molar-refractivity contribution is 0.0696. The summed E-state index contributed by atoms with van der Waals surface area (Å²) in [5.74, 6) is -1.12. The number of carboxylic acid groups (broad SMARTS) is 1. The van der Waals surface area contributed by atoms with Crippen molar-refractivity contribution in [1.29, 1.82) is 5.26 Å². The molecule has 0 saturated heterocycles. The Balaban J connectivity index is 2.48. The van der Waals surface area contributed by atoms with Crippen molar-refractivity contribution in [2.24, 2.45) is 0 Å². The van der Waals surface area contributed by atoms with Crippen molar-refractivity contribution in [3.8, 4) is 17.2 Å². The molecule has 2 rings (SSSR count). The lowest BCUT2D eigenvalue weighted by Crippen LogP contribution is -1.99. The molecule has 1 aromatic heterocycles. The lowest BCUT2D eigenvalue weighted by Gasteiger charge is -2.04. The Bertz CT molecular complexity index is 645. The zero-order valence-electron chi connectivity index (χ0n) is 9.09. The van der Waals surface area contributed by atoms with E-state index < -0.39 is 5.97 Å². The highest BCUT2D eigenvalue weighted by atomic mass is 35.5. The molecule has 0 aliphatic carbocycles. The largest absolute Gasteiger partial charge is 0.478 e. The van der Waals surface area contributed by atoms with E-state index in [0.717, 1.165) is 5.56 Å². The highest BCUT2D eigenvalue weighted by Gasteiger charge is 2.11. The van der Waals surface area contributed by atoms with Gasteiger partial charge in [0.2, 0.25) is 0 Å². The number of aromatic carboxylic acids is 1. The maximum absolute atomic E-state index is 10.9. The molecule has 0 aliphatic heterocycles. The second kappa shape index (κ2) is 4.86. The summed E-state index contributed by atoms with van der Waals surface area (Å²) in [7, 11) is 0. The Hall–Kier alpha value is -2.38. The smallest absolute Gasteiger partial charge is 0.338 e. The number of carboxylic acids is 1. The van der Waals surface area contributed by atoms with Gasteiger partial charge in [0, 0.05) is 11.8 Å². The molecule has 0 aliphatic rings. The summed E-state index contributed by atoms with van der Waals surface area (Å²) in [5.41, 5.74) is 1.92. The number of halogens is 1. The lowest BCUT2D eigenvalue weighted by atomic mass is 10.0. The Morgan fingerprint density at radius 1 is 1.28 bits per heavy atom. The fraction of sp³-hybridized carbons (Fsp3) is 0. The third-order valence-corrected chi connectivity index (χ3v) is 2.72. The van der Waals surface area contributed by atoms with Gasteiger partial charge in [0.25, 0.3) is 0 Å². The van der Waals surface area contributed by atoms with Crippen molar-refractivity contribution in [3.63, 3.8) is 0 Å². The summed E-state index contributed by atoms with van der Waals surface area (Å²) >= 11 is 5.69. The standard InChI is InChI=1S/C13H7ClN2O2/c14-12-11(13(17)18)5-10(7-16-12)9-3-1-8(6-15)2-4-9/h1-5,7H,(H,17,18). The molecular formula is C13H7ClN2O2. The minimum absolute atomic E-state index is 0.0418. The van der Waals surface area contributed by atoms with Crippen molar-refractivity contribution in [2.75, 3.05) is 0 Å². The number of nitrogens with zero attached hydrogens (tertiary/aromatic N) is 2. The first kappa shape index (κ1) is 12.1. The summed E-state index contributed by atoms with van der Waals surface area (Å²) in [6.45, 7) is 0. The maximum Gasteiger partial charge on any atom is 0.338 e. The number of nitriles is 1. The van der Waals surface area contributed by atoms with E-state index in [1.54, 1.807) is 24.3 Å². The van der Waals surface area contributed by atoms with Crippen molar-refractivity contribution in [1.82, 2.24) is 4.98 Å². The SMILES string of the molecule is N#Cc1ccc(-c2cnc(Cl)c(C(=O)O)c2)cc1. The number of hydrogen-bond acceptors (Lipinski definition) is 3. The van der Waals surface area contributed by atoms with Crippen LogP contribution in [-0.4, -0.2) is 16.1 Å².